The van der Waals surface area contributed by atoms with Crippen molar-refractivity contribution in [1.82, 2.24) is 20.2 Å². The van der Waals surface area contributed by atoms with Gasteiger partial charge in [0.25, 0.3) is 0 Å². The van der Waals surface area contributed by atoms with Crippen molar-refractivity contribution in [2.24, 2.45) is 0 Å². The van der Waals surface area contributed by atoms with Crippen LogP contribution < -0.4 is 5.69 Å². The maximum Gasteiger partial charge on any atom is 0.361 e. The molecule has 1 unspecified atom stereocenters. The molecule has 0 spiro atoms. The minimum absolute atomic E-state index is 0.122. The number of allylic oxidation sites excluding steroid dienone is 2. The van der Waals surface area contributed by atoms with Crippen molar-refractivity contribution in [3.63, 3.8) is 0 Å². The highest BCUT2D eigenvalue weighted by Gasteiger charge is 2.20. The molecular formula is C7H10N4O. The number of hydrogen-bond donors (Lipinski definition) is 1. The second-order valence-electron chi connectivity index (χ2n) is 2.99. The van der Waals surface area contributed by atoms with Crippen molar-refractivity contribution < 1.29 is 0 Å². The van der Waals surface area contributed by atoms with Gasteiger partial charge in [-0.1, -0.05) is 11.6 Å². The van der Waals surface area contributed by atoms with Crippen LogP contribution in [0.5, 0.6) is 0 Å². The normalized spacial score (nSPS) is 22.8. The number of aromatic nitrogens is 4. The third-order valence-corrected chi connectivity index (χ3v) is 2.22. The molecular weight excluding hydrogens is 156 g/mol. The molecule has 1 atom stereocenters. The summed E-state index contributed by atoms with van der Waals surface area (Å²) in [5, 5.41) is 9.44. The molecule has 1 N–H and O–H groups in total. The summed E-state index contributed by atoms with van der Waals surface area (Å²) in [6, 6.07) is 0.122. The van der Waals surface area contributed by atoms with E-state index in [0.717, 1.165) is 12.8 Å². The van der Waals surface area contributed by atoms with Crippen LogP contribution in [0.3, 0.4) is 0 Å². The van der Waals surface area contributed by atoms with Crippen LogP contribution >= 0.6 is 0 Å². The minimum atomic E-state index is -0.227. The van der Waals surface area contributed by atoms with Gasteiger partial charge in [0.15, 0.2) is 0 Å². The topological polar surface area (TPSA) is 63.6 Å². The van der Waals surface area contributed by atoms with E-state index in [-0.39, 0.29) is 11.7 Å². The van der Waals surface area contributed by atoms with Gasteiger partial charge in [0.2, 0.25) is 0 Å². The smallest absolute Gasteiger partial charge is 0.244 e. The average Bonchev–Trinajstić information content (AvgIpc) is 2.59. The summed E-state index contributed by atoms with van der Waals surface area (Å²) in [4.78, 5) is 11.1. The first-order valence-electron chi connectivity index (χ1n) is 3.95. The zero-order valence-electron chi connectivity index (χ0n) is 6.82. The number of H-pyrrole nitrogens is 1. The van der Waals surface area contributed by atoms with E-state index < -0.39 is 0 Å². The second kappa shape index (κ2) is 2.58. The Bertz CT molecular complexity index is 361. The Morgan fingerprint density at radius 3 is 3.08 bits per heavy atom. The monoisotopic (exact) mass is 166 g/mol. The van der Waals surface area contributed by atoms with Gasteiger partial charge in [-0.2, -0.15) is 4.68 Å². The highest BCUT2D eigenvalue weighted by atomic mass is 16.2. The van der Waals surface area contributed by atoms with Crippen LogP contribution in [0.2, 0.25) is 0 Å². The van der Waals surface area contributed by atoms with Crippen LogP contribution in [0, 0.1) is 0 Å². The van der Waals surface area contributed by atoms with E-state index in [1.165, 1.54) is 10.3 Å². The van der Waals surface area contributed by atoms with Gasteiger partial charge in [-0.3, -0.25) is 0 Å². The lowest BCUT2D eigenvalue weighted by Gasteiger charge is -2.08. The van der Waals surface area contributed by atoms with Gasteiger partial charge in [-0.15, -0.1) is 0 Å². The molecule has 1 heterocycles. The van der Waals surface area contributed by atoms with E-state index in [2.05, 4.69) is 21.6 Å². The fourth-order valence-corrected chi connectivity index (χ4v) is 1.56. The fraction of sp³-hybridized carbons (Fsp3) is 0.571. The second-order valence-corrected chi connectivity index (χ2v) is 2.99. The molecule has 1 aliphatic carbocycles. The predicted octanol–water partition coefficient (Wildman–Crippen LogP) is 0.248. The van der Waals surface area contributed by atoms with Gasteiger partial charge < -0.3 is 0 Å². The number of rotatable bonds is 1. The van der Waals surface area contributed by atoms with Crippen molar-refractivity contribution in [1.29, 1.82) is 0 Å². The van der Waals surface area contributed by atoms with E-state index in [9.17, 15) is 4.79 Å². The van der Waals surface area contributed by atoms with Gasteiger partial charge in [0.1, 0.15) is 0 Å². The molecule has 0 saturated heterocycles. The maximum atomic E-state index is 11.1. The molecule has 1 aromatic heterocycles. The van der Waals surface area contributed by atoms with E-state index in [1.54, 1.807) is 0 Å². The van der Waals surface area contributed by atoms with Gasteiger partial charge in [-0.05, 0) is 30.2 Å². The molecule has 0 aromatic carbocycles. The molecule has 0 bridgehead atoms. The van der Waals surface area contributed by atoms with E-state index in [0.29, 0.717) is 0 Å². The van der Waals surface area contributed by atoms with Crippen LogP contribution in [0.15, 0.2) is 16.4 Å². The number of hydrogen-bond acceptors (Lipinski definition) is 3. The van der Waals surface area contributed by atoms with Crippen molar-refractivity contribution >= 4 is 0 Å². The summed E-state index contributed by atoms with van der Waals surface area (Å²) in [5.41, 5.74) is 0.973. The van der Waals surface area contributed by atoms with E-state index in [1.807, 2.05) is 6.92 Å². The van der Waals surface area contributed by atoms with Gasteiger partial charge in [0.05, 0.1) is 6.04 Å². The van der Waals surface area contributed by atoms with Crippen molar-refractivity contribution in [2.75, 3.05) is 0 Å². The Morgan fingerprint density at radius 2 is 2.58 bits per heavy atom. The predicted molar refractivity (Wildman–Crippen MR) is 42.7 cm³/mol. The number of nitrogens with one attached hydrogen (secondary N) is 1. The zero-order valence-corrected chi connectivity index (χ0v) is 6.82. The number of nitrogens with zero attached hydrogens (tertiary/aromatic N) is 3. The molecule has 12 heavy (non-hydrogen) atoms. The Labute approximate surface area is 69.1 Å². The molecule has 64 valence electrons. The summed E-state index contributed by atoms with van der Waals surface area (Å²) < 4.78 is 1.40. The summed E-state index contributed by atoms with van der Waals surface area (Å²) >= 11 is 0. The standard InChI is InChI=1S/C7H10N4O/c1-5-3-2-4-6(5)11-7(12)8-9-10-11/h3,6H,2,4H2,1H3,(H,8,10,12). The van der Waals surface area contributed by atoms with Gasteiger partial charge in [0, 0.05) is 0 Å². The minimum Gasteiger partial charge on any atom is -0.244 e. The molecule has 0 fully saturated rings. The number of aromatic amines is 1. The van der Waals surface area contributed by atoms with Crippen LogP contribution in [-0.4, -0.2) is 20.2 Å². The van der Waals surface area contributed by atoms with E-state index in [4.69, 9.17) is 0 Å². The van der Waals surface area contributed by atoms with Crippen LogP contribution in [0.4, 0.5) is 0 Å². The summed E-state index contributed by atoms with van der Waals surface area (Å²) in [5.74, 6) is 0. The Hall–Kier alpha value is -1.39. The van der Waals surface area contributed by atoms with Crippen molar-refractivity contribution in [3.8, 4) is 0 Å². The summed E-state index contributed by atoms with van der Waals surface area (Å²) in [6.45, 7) is 2.01. The third-order valence-electron chi connectivity index (χ3n) is 2.22. The zero-order chi connectivity index (χ0) is 8.55. The average molecular weight is 166 g/mol. The summed E-state index contributed by atoms with van der Waals surface area (Å²) in [6.07, 6.45) is 4.11. The van der Waals surface area contributed by atoms with Crippen LogP contribution in [-0.2, 0) is 0 Å². The lowest BCUT2D eigenvalue weighted by molar-refractivity contribution is 0.482. The Kier molecular flexibility index (Phi) is 1.56. The molecule has 0 amide bonds. The first-order valence-corrected chi connectivity index (χ1v) is 3.95. The SMILES string of the molecule is CC1=CCCC1n1nn[nH]c1=O. The maximum absolute atomic E-state index is 11.1. The molecule has 2 rings (SSSR count). The molecule has 5 heteroatoms. The largest absolute Gasteiger partial charge is 0.361 e. The fourth-order valence-electron chi connectivity index (χ4n) is 1.56. The molecule has 0 aliphatic heterocycles. The molecule has 1 aromatic rings. The molecule has 0 radical (unpaired) electrons. The van der Waals surface area contributed by atoms with Crippen LogP contribution in [0.1, 0.15) is 25.8 Å². The summed E-state index contributed by atoms with van der Waals surface area (Å²) in [7, 11) is 0. The van der Waals surface area contributed by atoms with E-state index >= 15 is 0 Å². The first kappa shape index (κ1) is 7.27. The van der Waals surface area contributed by atoms with Crippen molar-refractivity contribution in [2.45, 2.75) is 25.8 Å². The van der Waals surface area contributed by atoms with Crippen molar-refractivity contribution in [3.05, 3.63) is 22.1 Å². The molecule has 0 saturated carbocycles. The quantitative estimate of drug-likeness (QED) is 0.608. The number of tetrazole rings is 1. The van der Waals surface area contributed by atoms with Gasteiger partial charge >= 0.3 is 5.69 Å². The first-order chi connectivity index (χ1) is 5.79. The third kappa shape index (κ3) is 0.975. The Balaban J connectivity index is 2.38. The lowest BCUT2D eigenvalue weighted by atomic mass is 10.2. The van der Waals surface area contributed by atoms with Crippen LogP contribution in [0.25, 0.3) is 0 Å². The molecule has 5 nitrogen and oxygen atoms in total. The van der Waals surface area contributed by atoms with Gasteiger partial charge in [-0.25, -0.2) is 9.89 Å². The lowest BCUT2D eigenvalue weighted by Crippen LogP contribution is -2.22. The highest BCUT2D eigenvalue weighted by Crippen LogP contribution is 2.27. The molecule has 1 aliphatic rings. The Morgan fingerprint density at radius 1 is 1.75 bits per heavy atom. The highest BCUT2D eigenvalue weighted by molar-refractivity contribution is 5.11.